The van der Waals surface area contributed by atoms with Crippen molar-refractivity contribution in [2.45, 2.75) is 13.0 Å². The number of ether oxygens (including phenoxy) is 1. The molecule has 0 fully saturated rings. The van der Waals surface area contributed by atoms with Gasteiger partial charge in [-0.3, -0.25) is 0 Å². The second-order valence-corrected chi connectivity index (χ2v) is 4.67. The minimum atomic E-state index is -0.433. The topological polar surface area (TPSA) is 45.0 Å². The van der Waals surface area contributed by atoms with Gasteiger partial charge in [0.15, 0.2) is 0 Å². The van der Waals surface area contributed by atoms with Gasteiger partial charge in [0.1, 0.15) is 17.6 Å². The van der Waals surface area contributed by atoms with Crippen LogP contribution in [0.25, 0.3) is 0 Å². The summed E-state index contributed by atoms with van der Waals surface area (Å²) in [4.78, 5) is 0. The van der Waals surface area contributed by atoms with Gasteiger partial charge in [0.2, 0.25) is 0 Å². The van der Waals surface area contributed by atoms with Crippen LogP contribution in [0.5, 0.6) is 5.75 Å². The van der Waals surface area contributed by atoms with Gasteiger partial charge in [-0.2, -0.15) is 5.26 Å². The zero-order valence-electron chi connectivity index (χ0n) is 11.9. The van der Waals surface area contributed by atoms with Crippen molar-refractivity contribution in [3.63, 3.8) is 0 Å². The van der Waals surface area contributed by atoms with Gasteiger partial charge in [-0.05, 0) is 36.7 Å². The van der Waals surface area contributed by atoms with Gasteiger partial charge in [0.05, 0.1) is 12.7 Å². The van der Waals surface area contributed by atoms with Crippen LogP contribution >= 0.6 is 0 Å². The molecule has 0 amide bonds. The third kappa shape index (κ3) is 4.04. The number of hydrogen-bond donors (Lipinski definition) is 1. The van der Waals surface area contributed by atoms with E-state index in [1.54, 1.807) is 19.2 Å². The van der Waals surface area contributed by atoms with Crippen LogP contribution in [0.1, 0.15) is 16.7 Å². The van der Waals surface area contributed by atoms with E-state index in [2.05, 4.69) is 5.32 Å². The van der Waals surface area contributed by atoms with E-state index in [9.17, 15) is 4.39 Å². The molecule has 108 valence electrons. The zero-order valence-corrected chi connectivity index (χ0v) is 11.9. The van der Waals surface area contributed by atoms with Gasteiger partial charge in [-0.25, -0.2) is 4.39 Å². The minimum absolute atomic E-state index is 0.0875. The van der Waals surface area contributed by atoms with Crippen LogP contribution in [-0.4, -0.2) is 13.7 Å². The number of halogens is 1. The molecule has 0 saturated heterocycles. The number of nitrogens with one attached hydrogen (secondary N) is 1. The number of benzene rings is 2. The summed E-state index contributed by atoms with van der Waals surface area (Å²) in [6.07, 6.45) is 0.851. The van der Waals surface area contributed by atoms with Gasteiger partial charge in [-0.1, -0.05) is 24.3 Å². The standard InChI is InChI=1S/C17H17FN2O/c1-21-16-7-5-13(6-8-16)9-10-20-12-15-4-2-3-14(11-19)17(15)18/h2-8,20H,9-10,12H2,1H3. The Morgan fingerprint density at radius 2 is 1.95 bits per heavy atom. The van der Waals surface area contributed by atoms with Crippen molar-refractivity contribution in [2.24, 2.45) is 0 Å². The Balaban J connectivity index is 1.83. The Kier molecular flexibility index (Phi) is 5.30. The molecule has 0 aliphatic heterocycles. The largest absolute Gasteiger partial charge is 0.497 e. The lowest BCUT2D eigenvalue weighted by atomic mass is 10.1. The highest BCUT2D eigenvalue weighted by Gasteiger charge is 2.06. The van der Waals surface area contributed by atoms with E-state index in [4.69, 9.17) is 10.00 Å². The minimum Gasteiger partial charge on any atom is -0.497 e. The fraction of sp³-hybridized carbons (Fsp3) is 0.235. The van der Waals surface area contributed by atoms with E-state index in [0.717, 1.165) is 18.7 Å². The average Bonchev–Trinajstić information content (AvgIpc) is 2.53. The number of methoxy groups -OCH3 is 1. The molecule has 0 radical (unpaired) electrons. The van der Waals surface area contributed by atoms with Crippen molar-refractivity contribution >= 4 is 0 Å². The first kappa shape index (κ1) is 15.0. The van der Waals surface area contributed by atoms with Crippen molar-refractivity contribution in [1.29, 1.82) is 5.26 Å². The third-order valence-corrected chi connectivity index (χ3v) is 3.26. The molecule has 4 heteroatoms. The highest BCUT2D eigenvalue weighted by molar-refractivity contribution is 5.34. The highest BCUT2D eigenvalue weighted by Crippen LogP contribution is 2.13. The number of nitriles is 1. The molecular weight excluding hydrogens is 267 g/mol. The fourth-order valence-electron chi connectivity index (χ4n) is 2.05. The van der Waals surface area contributed by atoms with Gasteiger partial charge >= 0.3 is 0 Å². The van der Waals surface area contributed by atoms with Crippen molar-refractivity contribution in [1.82, 2.24) is 5.32 Å². The molecule has 21 heavy (non-hydrogen) atoms. The first-order valence-corrected chi connectivity index (χ1v) is 6.75. The summed E-state index contributed by atoms with van der Waals surface area (Å²) in [6.45, 7) is 1.15. The lowest BCUT2D eigenvalue weighted by molar-refractivity contribution is 0.414. The normalized spacial score (nSPS) is 10.1. The number of hydrogen-bond acceptors (Lipinski definition) is 3. The molecular formula is C17H17FN2O. The van der Waals surface area contributed by atoms with Gasteiger partial charge in [0, 0.05) is 12.1 Å². The molecule has 2 aromatic rings. The van der Waals surface area contributed by atoms with E-state index in [0.29, 0.717) is 12.1 Å². The monoisotopic (exact) mass is 284 g/mol. The predicted molar refractivity (Wildman–Crippen MR) is 79.5 cm³/mol. The predicted octanol–water partition coefficient (Wildman–Crippen LogP) is 3.04. The van der Waals surface area contributed by atoms with Crippen LogP contribution < -0.4 is 10.1 Å². The molecule has 0 aliphatic rings. The molecule has 1 N–H and O–H groups in total. The van der Waals surface area contributed by atoms with Gasteiger partial charge in [-0.15, -0.1) is 0 Å². The molecule has 2 aromatic carbocycles. The van der Waals surface area contributed by atoms with Crippen molar-refractivity contribution < 1.29 is 9.13 Å². The lowest BCUT2D eigenvalue weighted by Crippen LogP contribution is -2.17. The second-order valence-electron chi connectivity index (χ2n) is 4.67. The Morgan fingerprint density at radius 1 is 1.19 bits per heavy atom. The van der Waals surface area contributed by atoms with E-state index >= 15 is 0 Å². The number of nitrogens with zero attached hydrogens (tertiary/aromatic N) is 1. The van der Waals surface area contributed by atoms with Crippen molar-refractivity contribution in [3.8, 4) is 11.8 Å². The fourth-order valence-corrected chi connectivity index (χ4v) is 2.05. The van der Waals surface area contributed by atoms with Crippen LogP contribution in [0.4, 0.5) is 4.39 Å². The van der Waals surface area contributed by atoms with Crippen molar-refractivity contribution in [2.75, 3.05) is 13.7 Å². The Hall–Kier alpha value is -2.38. The van der Waals surface area contributed by atoms with Crippen LogP contribution in [-0.2, 0) is 13.0 Å². The maximum atomic E-state index is 13.8. The maximum absolute atomic E-state index is 13.8. The summed E-state index contributed by atoms with van der Waals surface area (Å²) >= 11 is 0. The molecule has 0 aromatic heterocycles. The third-order valence-electron chi connectivity index (χ3n) is 3.26. The molecule has 0 unspecified atom stereocenters. The molecule has 0 spiro atoms. The first-order chi connectivity index (χ1) is 10.2. The van der Waals surface area contributed by atoms with Gasteiger partial charge < -0.3 is 10.1 Å². The Morgan fingerprint density at radius 3 is 2.62 bits per heavy atom. The molecule has 2 rings (SSSR count). The van der Waals surface area contributed by atoms with E-state index in [1.807, 2.05) is 30.3 Å². The summed E-state index contributed by atoms with van der Waals surface area (Å²) in [5, 5.41) is 12.0. The quantitative estimate of drug-likeness (QED) is 0.829. The van der Waals surface area contributed by atoms with E-state index in [1.165, 1.54) is 11.6 Å². The van der Waals surface area contributed by atoms with E-state index < -0.39 is 5.82 Å². The van der Waals surface area contributed by atoms with Crippen molar-refractivity contribution in [3.05, 3.63) is 65.0 Å². The second kappa shape index (κ2) is 7.41. The highest BCUT2D eigenvalue weighted by atomic mass is 19.1. The van der Waals surface area contributed by atoms with Crippen LogP contribution in [0.3, 0.4) is 0 Å². The lowest BCUT2D eigenvalue weighted by Gasteiger charge is -2.07. The maximum Gasteiger partial charge on any atom is 0.145 e. The van der Waals surface area contributed by atoms with Crippen LogP contribution in [0, 0.1) is 17.1 Å². The summed E-state index contributed by atoms with van der Waals surface area (Å²) in [7, 11) is 1.64. The molecule has 3 nitrogen and oxygen atoms in total. The average molecular weight is 284 g/mol. The Labute approximate surface area is 124 Å². The molecule has 0 bridgehead atoms. The SMILES string of the molecule is COc1ccc(CCNCc2cccc(C#N)c2F)cc1. The molecule has 0 atom stereocenters. The van der Waals surface area contributed by atoms with Crippen LogP contribution in [0.15, 0.2) is 42.5 Å². The van der Waals surface area contributed by atoms with E-state index in [-0.39, 0.29) is 5.56 Å². The zero-order chi connectivity index (χ0) is 15.1. The first-order valence-electron chi connectivity index (χ1n) is 6.75. The molecule has 0 saturated carbocycles. The molecule has 0 heterocycles. The summed E-state index contributed by atoms with van der Waals surface area (Å²) < 4.78 is 18.9. The summed E-state index contributed by atoms with van der Waals surface area (Å²) in [6, 6.07) is 14.6. The molecule has 0 aliphatic carbocycles. The summed E-state index contributed by atoms with van der Waals surface area (Å²) in [5.41, 5.74) is 1.79. The smallest absolute Gasteiger partial charge is 0.145 e. The Bertz CT molecular complexity index is 632. The summed E-state index contributed by atoms with van der Waals surface area (Å²) in [5.74, 6) is 0.402. The number of rotatable bonds is 6. The van der Waals surface area contributed by atoms with Gasteiger partial charge in [0.25, 0.3) is 0 Å². The van der Waals surface area contributed by atoms with Crippen LogP contribution in [0.2, 0.25) is 0 Å².